The Morgan fingerprint density at radius 3 is 2.57 bits per heavy atom. The van der Waals surface area contributed by atoms with Gasteiger partial charge in [-0.1, -0.05) is 24.6 Å². The molecule has 1 N–H and O–H groups in total. The van der Waals surface area contributed by atoms with Gasteiger partial charge in [-0.3, -0.25) is 4.79 Å². The van der Waals surface area contributed by atoms with Crippen molar-refractivity contribution in [1.29, 1.82) is 0 Å². The fraction of sp³-hybridized carbons (Fsp3) is 0.286. The topological polar surface area (TPSA) is 79.6 Å². The number of piperidine rings is 1. The Hall–Kier alpha value is -2.64. The second-order valence-corrected chi connectivity index (χ2v) is 9.04. The maximum absolute atomic E-state index is 12.7. The van der Waals surface area contributed by atoms with Gasteiger partial charge in [0, 0.05) is 23.2 Å². The van der Waals surface area contributed by atoms with Gasteiger partial charge in [0.25, 0.3) is 0 Å². The van der Waals surface area contributed by atoms with Crippen LogP contribution in [0.1, 0.15) is 19.3 Å². The van der Waals surface area contributed by atoms with Crippen LogP contribution < -0.4 is 5.32 Å². The Balaban J connectivity index is 1.50. The number of hydrogen-bond acceptors (Lipinski definition) is 4. The summed E-state index contributed by atoms with van der Waals surface area (Å²) in [6.45, 7) is 0.391. The quantitative estimate of drug-likeness (QED) is 0.724. The van der Waals surface area contributed by atoms with Crippen LogP contribution in [0.25, 0.3) is 22.3 Å². The average molecular weight is 398 g/mol. The molecule has 1 aromatic heterocycles. The number of nitrogens with one attached hydrogen (secondary N) is 1. The van der Waals surface area contributed by atoms with Gasteiger partial charge in [-0.25, -0.2) is 8.42 Å². The Morgan fingerprint density at radius 2 is 1.86 bits per heavy atom. The molecular formula is C21H22N2O4S. The number of anilines is 1. The van der Waals surface area contributed by atoms with E-state index < -0.39 is 16.1 Å². The summed E-state index contributed by atoms with van der Waals surface area (Å²) in [5, 5.41) is 3.88. The first-order valence-electron chi connectivity index (χ1n) is 9.28. The predicted molar refractivity (Wildman–Crippen MR) is 109 cm³/mol. The normalized spacial score (nSPS) is 18.2. The molecule has 1 saturated heterocycles. The Labute approximate surface area is 164 Å². The van der Waals surface area contributed by atoms with Crippen molar-refractivity contribution in [3.05, 3.63) is 54.6 Å². The van der Waals surface area contributed by atoms with E-state index in [1.165, 1.54) is 4.31 Å². The highest BCUT2D eigenvalue weighted by atomic mass is 32.2. The molecule has 2 heterocycles. The van der Waals surface area contributed by atoms with E-state index in [9.17, 15) is 13.2 Å². The van der Waals surface area contributed by atoms with Crippen LogP contribution in [0.4, 0.5) is 5.69 Å². The Bertz CT molecular complexity index is 1070. The minimum Gasteiger partial charge on any atom is -0.456 e. The summed E-state index contributed by atoms with van der Waals surface area (Å²) in [6, 6.07) is 16.5. The largest absolute Gasteiger partial charge is 0.456 e. The molecule has 1 amide bonds. The van der Waals surface area contributed by atoms with Crippen LogP contribution in [0, 0.1) is 0 Å². The molecular weight excluding hydrogens is 376 g/mol. The second kappa shape index (κ2) is 7.41. The zero-order chi connectivity index (χ0) is 19.7. The van der Waals surface area contributed by atoms with E-state index in [0.717, 1.165) is 41.4 Å². The number of benzene rings is 2. The summed E-state index contributed by atoms with van der Waals surface area (Å²) in [4.78, 5) is 12.7. The number of hydrogen-bond donors (Lipinski definition) is 1. The third-order valence-electron chi connectivity index (χ3n) is 5.04. The number of nitrogens with zero attached hydrogens (tertiary/aromatic N) is 1. The summed E-state index contributed by atoms with van der Waals surface area (Å²) < 4.78 is 31.1. The number of sulfonamides is 1. The summed E-state index contributed by atoms with van der Waals surface area (Å²) in [7, 11) is -3.41. The zero-order valence-corrected chi connectivity index (χ0v) is 16.4. The Morgan fingerprint density at radius 1 is 1.11 bits per heavy atom. The molecule has 4 rings (SSSR count). The van der Waals surface area contributed by atoms with Crippen molar-refractivity contribution in [2.24, 2.45) is 0 Å². The zero-order valence-electron chi connectivity index (χ0n) is 15.6. The van der Waals surface area contributed by atoms with Gasteiger partial charge in [-0.2, -0.15) is 4.31 Å². The minimum absolute atomic E-state index is 0.290. The van der Waals surface area contributed by atoms with E-state index >= 15 is 0 Å². The molecule has 6 nitrogen and oxygen atoms in total. The van der Waals surface area contributed by atoms with Gasteiger partial charge in [0.1, 0.15) is 17.4 Å². The standard InChI is InChI=1S/C21H22N2O4S/c1-28(25,26)23-13-5-4-7-18(23)21(24)22-17-11-9-15(10-12-17)20-14-16-6-2-3-8-19(16)27-20/h2-3,6,8-12,14,18H,4-5,7,13H2,1H3,(H,22,24)/t18-/m0/s1. The summed E-state index contributed by atoms with van der Waals surface area (Å²) in [6.07, 6.45) is 3.31. The first-order chi connectivity index (χ1) is 13.4. The lowest BCUT2D eigenvalue weighted by Gasteiger charge is -2.32. The third-order valence-corrected chi connectivity index (χ3v) is 6.33. The van der Waals surface area contributed by atoms with Gasteiger partial charge >= 0.3 is 0 Å². The van der Waals surface area contributed by atoms with Crippen molar-refractivity contribution in [1.82, 2.24) is 4.31 Å². The number of amides is 1. The van der Waals surface area contributed by atoms with Gasteiger partial charge in [-0.15, -0.1) is 0 Å². The van der Waals surface area contributed by atoms with Crippen molar-refractivity contribution in [2.45, 2.75) is 25.3 Å². The van der Waals surface area contributed by atoms with E-state index in [1.54, 1.807) is 12.1 Å². The molecule has 146 valence electrons. The molecule has 3 aromatic rings. The van der Waals surface area contributed by atoms with E-state index in [-0.39, 0.29) is 5.91 Å². The predicted octanol–water partition coefficient (Wildman–Crippen LogP) is 3.85. The lowest BCUT2D eigenvalue weighted by atomic mass is 10.0. The third kappa shape index (κ3) is 3.81. The molecule has 1 aliphatic heterocycles. The highest BCUT2D eigenvalue weighted by Gasteiger charge is 2.34. The van der Waals surface area contributed by atoms with Gasteiger partial charge in [0.2, 0.25) is 15.9 Å². The lowest BCUT2D eigenvalue weighted by molar-refractivity contribution is -0.120. The van der Waals surface area contributed by atoms with E-state index in [2.05, 4.69) is 5.32 Å². The van der Waals surface area contributed by atoms with Crippen molar-refractivity contribution in [3.63, 3.8) is 0 Å². The van der Waals surface area contributed by atoms with E-state index in [1.807, 2.05) is 42.5 Å². The first kappa shape index (κ1) is 18.7. The van der Waals surface area contributed by atoms with Crippen LogP contribution in [0.2, 0.25) is 0 Å². The molecule has 7 heteroatoms. The van der Waals surface area contributed by atoms with Gasteiger partial charge in [0.05, 0.1) is 6.26 Å². The number of fused-ring (bicyclic) bond motifs is 1. The first-order valence-corrected chi connectivity index (χ1v) is 11.1. The average Bonchev–Trinajstić information content (AvgIpc) is 3.12. The van der Waals surface area contributed by atoms with Crippen LogP contribution in [-0.4, -0.2) is 37.5 Å². The molecule has 1 atom stereocenters. The van der Waals surface area contributed by atoms with Crippen molar-refractivity contribution in [3.8, 4) is 11.3 Å². The monoisotopic (exact) mass is 398 g/mol. The Kier molecular flexibility index (Phi) is 4.95. The number of carbonyl (C=O) groups is 1. The number of para-hydroxylation sites is 1. The molecule has 0 saturated carbocycles. The SMILES string of the molecule is CS(=O)(=O)N1CCCC[C@H]1C(=O)Nc1ccc(-c2cc3ccccc3o2)cc1. The van der Waals surface area contributed by atoms with Gasteiger partial charge in [0.15, 0.2) is 0 Å². The summed E-state index contributed by atoms with van der Waals surface area (Å²) in [5.74, 6) is 0.469. The van der Waals surface area contributed by atoms with Crippen LogP contribution in [-0.2, 0) is 14.8 Å². The number of rotatable bonds is 4. The lowest BCUT2D eigenvalue weighted by Crippen LogP contribution is -2.49. The molecule has 0 aliphatic carbocycles. The highest BCUT2D eigenvalue weighted by molar-refractivity contribution is 7.88. The number of furan rings is 1. The molecule has 0 spiro atoms. The van der Waals surface area contributed by atoms with Crippen LogP contribution >= 0.6 is 0 Å². The molecule has 0 unspecified atom stereocenters. The van der Waals surface area contributed by atoms with E-state index in [0.29, 0.717) is 18.7 Å². The van der Waals surface area contributed by atoms with Crippen LogP contribution in [0.15, 0.2) is 59.0 Å². The van der Waals surface area contributed by atoms with Crippen LogP contribution in [0.3, 0.4) is 0 Å². The van der Waals surface area contributed by atoms with Crippen LogP contribution in [0.5, 0.6) is 0 Å². The molecule has 2 aromatic carbocycles. The van der Waals surface area contributed by atoms with E-state index in [4.69, 9.17) is 4.42 Å². The number of carbonyl (C=O) groups excluding carboxylic acids is 1. The molecule has 28 heavy (non-hydrogen) atoms. The maximum atomic E-state index is 12.7. The maximum Gasteiger partial charge on any atom is 0.242 e. The van der Waals surface area contributed by atoms with Crippen molar-refractivity contribution < 1.29 is 17.6 Å². The van der Waals surface area contributed by atoms with Crippen molar-refractivity contribution in [2.75, 3.05) is 18.1 Å². The van der Waals surface area contributed by atoms with Gasteiger partial charge in [-0.05, 0) is 49.2 Å². The second-order valence-electron chi connectivity index (χ2n) is 7.10. The smallest absolute Gasteiger partial charge is 0.242 e. The van der Waals surface area contributed by atoms with Crippen molar-refractivity contribution >= 4 is 32.6 Å². The van der Waals surface area contributed by atoms with Gasteiger partial charge < -0.3 is 9.73 Å². The highest BCUT2D eigenvalue weighted by Crippen LogP contribution is 2.29. The fourth-order valence-corrected chi connectivity index (χ4v) is 4.76. The summed E-state index contributed by atoms with van der Waals surface area (Å²) >= 11 is 0. The molecule has 1 fully saturated rings. The molecule has 1 aliphatic rings. The summed E-state index contributed by atoms with van der Waals surface area (Å²) in [5.41, 5.74) is 2.36. The fourth-order valence-electron chi connectivity index (χ4n) is 3.63. The molecule has 0 bridgehead atoms. The minimum atomic E-state index is -3.41. The molecule has 0 radical (unpaired) electrons.